The monoisotopic (exact) mass is 605 g/mol. The Morgan fingerprint density at radius 3 is 2.38 bits per heavy atom. The zero-order valence-electron chi connectivity index (χ0n) is 23.6. The van der Waals surface area contributed by atoms with E-state index in [-0.39, 0.29) is 4.90 Å². The van der Waals surface area contributed by atoms with Crippen LogP contribution in [0.5, 0.6) is 11.5 Å². The maximum Gasteiger partial charge on any atom is 0.264 e. The molecule has 0 heterocycles. The third-order valence-corrected chi connectivity index (χ3v) is 8.50. The number of carbonyl (C=O) groups is 1. The van der Waals surface area contributed by atoms with Gasteiger partial charge >= 0.3 is 0 Å². The number of amides is 1. The van der Waals surface area contributed by atoms with Gasteiger partial charge in [0.1, 0.15) is 13.2 Å². The van der Waals surface area contributed by atoms with Crippen molar-refractivity contribution in [3.05, 3.63) is 118 Å². The average molecular weight is 606 g/mol. The SMILES string of the molecule is CCOc1cc(/C=N\NC(=O)CN(c2cccc(Cl)c2C)S(=O)(=O)c2ccc(C)cc2)ccc1OCc1ccccc1. The van der Waals surface area contributed by atoms with Crippen LogP contribution in [0.15, 0.2) is 101 Å². The highest BCUT2D eigenvalue weighted by molar-refractivity contribution is 7.92. The molecule has 1 N–H and O–H groups in total. The first kappa shape index (κ1) is 30.6. The van der Waals surface area contributed by atoms with Gasteiger partial charge in [-0.3, -0.25) is 9.10 Å². The fraction of sp³-hybridized carbons (Fsp3) is 0.188. The van der Waals surface area contributed by atoms with Crippen molar-refractivity contribution < 1.29 is 22.7 Å². The third kappa shape index (κ3) is 7.69. The lowest BCUT2D eigenvalue weighted by molar-refractivity contribution is -0.119. The minimum atomic E-state index is -4.09. The molecule has 218 valence electrons. The van der Waals surface area contributed by atoms with E-state index in [1.165, 1.54) is 18.3 Å². The Morgan fingerprint density at radius 2 is 1.67 bits per heavy atom. The van der Waals surface area contributed by atoms with Gasteiger partial charge in [0.2, 0.25) is 0 Å². The van der Waals surface area contributed by atoms with Gasteiger partial charge in [0.05, 0.1) is 23.4 Å². The van der Waals surface area contributed by atoms with Gasteiger partial charge in [-0.2, -0.15) is 5.10 Å². The van der Waals surface area contributed by atoms with Gasteiger partial charge in [-0.25, -0.2) is 13.8 Å². The zero-order chi connectivity index (χ0) is 30.1. The van der Waals surface area contributed by atoms with Crippen LogP contribution in [0, 0.1) is 13.8 Å². The molecule has 0 fully saturated rings. The molecule has 0 aromatic heterocycles. The molecule has 0 unspecified atom stereocenters. The summed E-state index contributed by atoms with van der Waals surface area (Å²) < 4.78 is 40.0. The van der Waals surface area contributed by atoms with Crippen molar-refractivity contribution in [2.45, 2.75) is 32.3 Å². The fourth-order valence-electron chi connectivity index (χ4n) is 4.08. The maximum atomic E-state index is 13.7. The fourth-order valence-corrected chi connectivity index (χ4v) is 5.72. The van der Waals surface area contributed by atoms with E-state index in [4.69, 9.17) is 21.1 Å². The van der Waals surface area contributed by atoms with Gasteiger partial charge in [-0.1, -0.05) is 65.7 Å². The molecule has 4 rings (SSSR count). The number of halogens is 1. The number of hydrazone groups is 1. The zero-order valence-corrected chi connectivity index (χ0v) is 25.2. The van der Waals surface area contributed by atoms with Crippen molar-refractivity contribution in [2.75, 3.05) is 17.5 Å². The predicted octanol–water partition coefficient (Wildman–Crippen LogP) is 6.28. The van der Waals surface area contributed by atoms with Crippen molar-refractivity contribution in [2.24, 2.45) is 5.10 Å². The van der Waals surface area contributed by atoms with E-state index in [2.05, 4.69) is 10.5 Å². The van der Waals surface area contributed by atoms with Crippen molar-refractivity contribution in [3.8, 4) is 11.5 Å². The first-order valence-electron chi connectivity index (χ1n) is 13.3. The summed E-state index contributed by atoms with van der Waals surface area (Å²) in [5.41, 5.74) is 5.86. The largest absolute Gasteiger partial charge is 0.490 e. The summed E-state index contributed by atoms with van der Waals surface area (Å²) in [5, 5.41) is 4.44. The first-order chi connectivity index (χ1) is 20.2. The molecule has 0 bridgehead atoms. The van der Waals surface area contributed by atoms with Crippen LogP contribution in [-0.4, -0.2) is 33.7 Å². The molecule has 0 atom stereocenters. The van der Waals surface area contributed by atoms with Crippen LogP contribution < -0.4 is 19.2 Å². The van der Waals surface area contributed by atoms with E-state index in [1.54, 1.807) is 55.5 Å². The molecule has 0 radical (unpaired) electrons. The van der Waals surface area contributed by atoms with Crippen LogP contribution in [0.2, 0.25) is 5.02 Å². The number of nitrogens with zero attached hydrogens (tertiary/aromatic N) is 2. The van der Waals surface area contributed by atoms with Gasteiger partial charge < -0.3 is 9.47 Å². The standard InChI is InChI=1S/C32H32ClN3O5S/c1-4-40-31-19-26(15-18-30(31)41-22-25-9-6-5-7-10-25)20-34-35-32(37)21-36(29-12-8-11-28(33)24(29)3)42(38,39)27-16-13-23(2)14-17-27/h5-20H,4,21-22H2,1-3H3,(H,35,37)/b34-20-. The first-order valence-corrected chi connectivity index (χ1v) is 15.1. The number of carbonyl (C=O) groups excluding carboxylic acids is 1. The van der Waals surface area contributed by atoms with E-state index in [0.717, 1.165) is 15.4 Å². The maximum absolute atomic E-state index is 13.7. The minimum absolute atomic E-state index is 0.0572. The molecule has 4 aromatic carbocycles. The summed E-state index contributed by atoms with van der Waals surface area (Å²) in [7, 11) is -4.09. The molecule has 0 aliphatic heterocycles. The van der Waals surface area contributed by atoms with Crippen LogP contribution in [0.1, 0.15) is 29.2 Å². The van der Waals surface area contributed by atoms with Gasteiger partial charge in [-0.05, 0) is 79.9 Å². The smallest absolute Gasteiger partial charge is 0.264 e. The molecule has 42 heavy (non-hydrogen) atoms. The van der Waals surface area contributed by atoms with Crippen molar-refractivity contribution in [1.29, 1.82) is 0 Å². The number of aryl methyl sites for hydroxylation is 1. The van der Waals surface area contributed by atoms with E-state index >= 15 is 0 Å². The Balaban J connectivity index is 1.50. The summed E-state index contributed by atoms with van der Waals surface area (Å²) >= 11 is 6.30. The molecular weight excluding hydrogens is 574 g/mol. The normalized spacial score (nSPS) is 11.3. The molecule has 10 heteroatoms. The van der Waals surface area contributed by atoms with E-state index in [0.29, 0.717) is 46.5 Å². The Bertz CT molecular complexity index is 1660. The molecule has 0 spiro atoms. The second kappa shape index (κ2) is 14.0. The summed E-state index contributed by atoms with van der Waals surface area (Å²) in [4.78, 5) is 13.0. The van der Waals surface area contributed by atoms with Crippen LogP contribution in [0.3, 0.4) is 0 Å². The van der Waals surface area contributed by atoms with Crippen molar-refractivity contribution in [3.63, 3.8) is 0 Å². The van der Waals surface area contributed by atoms with Crippen LogP contribution in [0.4, 0.5) is 5.69 Å². The second-order valence-electron chi connectivity index (χ2n) is 9.42. The van der Waals surface area contributed by atoms with Crippen molar-refractivity contribution in [1.82, 2.24) is 5.43 Å². The number of rotatable bonds is 12. The summed E-state index contributed by atoms with van der Waals surface area (Å²) in [5.74, 6) is 0.486. The number of nitrogens with one attached hydrogen (secondary N) is 1. The molecule has 0 saturated carbocycles. The van der Waals surface area contributed by atoms with Crippen LogP contribution in [0.25, 0.3) is 0 Å². The summed E-state index contributed by atoms with van der Waals surface area (Å²) in [6.07, 6.45) is 1.45. The van der Waals surface area contributed by atoms with E-state index in [9.17, 15) is 13.2 Å². The number of hydrogen-bond donors (Lipinski definition) is 1. The average Bonchev–Trinajstić information content (AvgIpc) is 2.98. The van der Waals surface area contributed by atoms with E-state index in [1.807, 2.05) is 44.2 Å². The molecule has 8 nitrogen and oxygen atoms in total. The molecule has 1 amide bonds. The quantitative estimate of drug-likeness (QED) is 0.151. The predicted molar refractivity (Wildman–Crippen MR) is 166 cm³/mol. The topological polar surface area (TPSA) is 97.3 Å². The Morgan fingerprint density at radius 1 is 0.929 bits per heavy atom. The number of anilines is 1. The highest BCUT2D eigenvalue weighted by Gasteiger charge is 2.28. The lowest BCUT2D eigenvalue weighted by atomic mass is 10.2. The number of benzene rings is 4. The van der Waals surface area contributed by atoms with Gasteiger partial charge in [-0.15, -0.1) is 0 Å². The number of sulfonamides is 1. The Kier molecular flexibility index (Phi) is 10.2. The third-order valence-electron chi connectivity index (χ3n) is 6.31. The minimum Gasteiger partial charge on any atom is -0.490 e. The molecule has 4 aromatic rings. The number of ether oxygens (including phenoxy) is 2. The molecule has 0 aliphatic rings. The van der Waals surface area contributed by atoms with E-state index < -0.39 is 22.5 Å². The molecular formula is C32H32ClN3O5S. The van der Waals surface area contributed by atoms with Gasteiger partial charge in [0.15, 0.2) is 11.5 Å². The highest BCUT2D eigenvalue weighted by Crippen LogP contribution is 2.31. The lowest BCUT2D eigenvalue weighted by Crippen LogP contribution is -2.40. The summed E-state index contributed by atoms with van der Waals surface area (Å²) in [6, 6.07) is 26.4. The summed E-state index contributed by atoms with van der Waals surface area (Å²) in [6.45, 7) is 5.76. The van der Waals surface area contributed by atoms with Crippen LogP contribution in [-0.2, 0) is 21.4 Å². The number of hydrogen-bond acceptors (Lipinski definition) is 6. The van der Waals surface area contributed by atoms with Gasteiger partial charge in [0, 0.05) is 5.02 Å². The molecule has 0 saturated heterocycles. The van der Waals surface area contributed by atoms with Gasteiger partial charge in [0.25, 0.3) is 15.9 Å². The highest BCUT2D eigenvalue weighted by atomic mass is 35.5. The second-order valence-corrected chi connectivity index (χ2v) is 11.7. The Hall–Kier alpha value is -4.34. The molecule has 0 aliphatic carbocycles. The lowest BCUT2D eigenvalue weighted by Gasteiger charge is -2.25. The Labute approximate surface area is 251 Å². The van der Waals surface area contributed by atoms with Crippen LogP contribution >= 0.6 is 11.6 Å². The van der Waals surface area contributed by atoms with Crippen molar-refractivity contribution >= 4 is 39.4 Å².